The largest absolute Gasteiger partial charge is 0.346 e. The van der Waals surface area contributed by atoms with Gasteiger partial charge in [0.05, 0.1) is 11.7 Å². The molecule has 2 rings (SSSR count). The Kier molecular flexibility index (Phi) is 4.32. The van der Waals surface area contributed by atoms with E-state index in [1.54, 1.807) is 12.3 Å². The Morgan fingerprint density at radius 3 is 2.76 bits per heavy atom. The van der Waals surface area contributed by atoms with Crippen molar-refractivity contribution in [2.45, 2.75) is 19.5 Å². The van der Waals surface area contributed by atoms with Crippen LogP contribution < -0.4 is 16.6 Å². The number of rotatable bonds is 4. The van der Waals surface area contributed by atoms with Crippen LogP contribution in [-0.4, -0.2) is 20.0 Å². The number of hydrogen-bond donors (Lipinski definition) is 1. The van der Waals surface area contributed by atoms with Gasteiger partial charge in [0.15, 0.2) is 0 Å². The molecule has 1 N–H and O–H groups in total. The van der Waals surface area contributed by atoms with Crippen LogP contribution >= 0.6 is 0 Å². The molecule has 0 fully saturated rings. The molecule has 1 amide bonds. The second-order valence-electron chi connectivity index (χ2n) is 4.67. The molecule has 110 valence electrons. The zero-order chi connectivity index (χ0) is 15.4. The van der Waals surface area contributed by atoms with Gasteiger partial charge in [-0.05, 0) is 19.1 Å². The van der Waals surface area contributed by atoms with E-state index in [-0.39, 0.29) is 18.5 Å². The topological polar surface area (TPSA) is 86.0 Å². The van der Waals surface area contributed by atoms with E-state index < -0.39 is 11.2 Å². The van der Waals surface area contributed by atoms with Gasteiger partial charge in [-0.2, -0.15) is 0 Å². The molecule has 2 aromatic rings. The number of pyridine rings is 1. The maximum absolute atomic E-state index is 12.0. The number of carbonyl (C=O) groups excluding carboxylic acids is 1. The number of nitrogens with zero attached hydrogens (tertiary/aromatic N) is 3. The highest BCUT2D eigenvalue weighted by Crippen LogP contribution is 2.07. The summed E-state index contributed by atoms with van der Waals surface area (Å²) >= 11 is 0. The van der Waals surface area contributed by atoms with Gasteiger partial charge in [0.1, 0.15) is 6.54 Å². The Hall–Kier alpha value is -2.70. The van der Waals surface area contributed by atoms with E-state index >= 15 is 0 Å². The monoisotopic (exact) mass is 288 g/mol. The van der Waals surface area contributed by atoms with Crippen LogP contribution in [0.3, 0.4) is 0 Å². The van der Waals surface area contributed by atoms with Crippen LogP contribution in [0.25, 0.3) is 0 Å². The predicted octanol–water partition coefficient (Wildman–Crippen LogP) is -0.181. The van der Waals surface area contributed by atoms with E-state index in [1.807, 2.05) is 19.1 Å². The Bertz CT molecular complexity index is 749. The van der Waals surface area contributed by atoms with Gasteiger partial charge >= 0.3 is 5.69 Å². The fourth-order valence-electron chi connectivity index (χ4n) is 1.88. The molecular formula is C14H16N4O3. The fraction of sp³-hybridized carbons (Fsp3) is 0.286. The smallest absolute Gasteiger partial charge is 0.331 e. The molecule has 21 heavy (non-hydrogen) atoms. The Labute approximate surface area is 120 Å². The highest BCUT2D eigenvalue weighted by molar-refractivity contribution is 5.76. The quantitative estimate of drug-likeness (QED) is 0.845. The molecule has 0 saturated carbocycles. The first kappa shape index (κ1) is 14.7. The van der Waals surface area contributed by atoms with E-state index in [1.165, 1.54) is 23.9 Å². The second-order valence-corrected chi connectivity index (χ2v) is 4.67. The van der Waals surface area contributed by atoms with Gasteiger partial charge in [0.2, 0.25) is 5.91 Å². The van der Waals surface area contributed by atoms with Crippen LogP contribution in [0.1, 0.15) is 18.7 Å². The molecule has 7 nitrogen and oxygen atoms in total. The first-order valence-corrected chi connectivity index (χ1v) is 6.46. The third kappa shape index (κ3) is 3.44. The third-order valence-corrected chi connectivity index (χ3v) is 3.08. The molecule has 0 radical (unpaired) electrons. The number of amides is 1. The van der Waals surface area contributed by atoms with E-state index in [9.17, 15) is 14.4 Å². The van der Waals surface area contributed by atoms with Crippen molar-refractivity contribution in [1.29, 1.82) is 0 Å². The molecule has 0 aromatic carbocycles. The van der Waals surface area contributed by atoms with E-state index in [2.05, 4.69) is 10.3 Å². The van der Waals surface area contributed by atoms with Gasteiger partial charge in [0.25, 0.3) is 5.56 Å². The molecule has 0 unspecified atom stereocenters. The van der Waals surface area contributed by atoms with Crippen LogP contribution in [0.15, 0.2) is 46.2 Å². The summed E-state index contributed by atoms with van der Waals surface area (Å²) in [5, 5.41) is 2.76. The lowest BCUT2D eigenvalue weighted by Crippen LogP contribution is -2.40. The summed E-state index contributed by atoms with van der Waals surface area (Å²) in [6.45, 7) is 1.66. The molecule has 1 atom stereocenters. The predicted molar refractivity (Wildman–Crippen MR) is 76.7 cm³/mol. The Morgan fingerprint density at radius 1 is 1.33 bits per heavy atom. The van der Waals surface area contributed by atoms with Gasteiger partial charge in [-0.25, -0.2) is 4.79 Å². The van der Waals surface area contributed by atoms with Gasteiger partial charge in [-0.15, -0.1) is 0 Å². The third-order valence-electron chi connectivity index (χ3n) is 3.08. The lowest BCUT2D eigenvalue weighted by molar-refractivity contribution is -0.122. The van der Waals surface area contributed by atoms with E-state index in [0.717, 1.165) is 10.3 Å². The zero-order valence-electron chi connectivity index (χ0n) is 11.8. The minimum atomic E-state index is -0.525. The van der Waals surface area contributed by atoms with Crippen molar-refractivity contribution < 1.29 is 4.79 Å². The van der Waals surface area contributed by atoms with Crippen molar-refractivity contribution in [2.24, 2.45) is 7.05 Å². The molecule has 2 aromatic heterocycles. The minimum absolute atomic E-state index is 0.149. The SMILES string of the molecule is C[C@@H](NC(=O)Cn1ccc(=O)n(C)c1=O)c1ccccn1. The standard InChI is InChI=1S/C14H16N4O3/c1-10(11-5-3-4-7-15-11)16-12(19)9-18-8-6-13(20)17(2)14(18)21/h3-8,10H,9H2,1-2H3,(H,16,19)/t10-/m1/s1. The molecule has 0 aliphatic rings. The average molecular weight is 288 g/mol. The summed E-state index contributed by atoms with van der Waals surface area (Å²) < 4.78 is 2.14. The molecule has 0 aliphatic heterocycles. The number of carbonyl (C=O) groups is 1. The highest BCUT2D eigenvalue weighted by atomic mass is 16.2. The van der Waals surface area contributed by atoms with Crippen molar-refractivity contribution >= 4 is 5.91 Å². The highest BCUT2D eigenvalue weighted by Gasteiger charge is 2.12. The van der Waals surface area contributed by atoms with E-state index in [0.29, 0.717) is 0 Å². The van der Waals surface area contributed by atoms with Crippen molar-refractivity contribution in [3.05, 3.63) is 63.2 Å². The molecule has 7 heteroatoms. The molecule has 0 spiro atoms. The molecule has 0 aliphatic carbocycles. The first-order chi connectivity index (χ1) is 9.99. The normalized spacial score (nSPS) is 11.9. The molecular weight excluding hydrogens is 272 g/mol. The molecule has 0 bridgehead atoms. The van der Waals surface area contributed by atoms with Crippen molar-refractivity contribution in [2.75, 3.05) is 0 Å². The van der Waals surface area contributed by atoms with Crippen molar-refractivity contribution in [3.8, 4) is 0 Å². The van der Waals surface area contributed by atoms with Crippen LogP contribution in [-0.2, 0) is 18.4 Å². The van der Waals surface area contributed by atoms with E-state index in [4.69, 9.17) is 0 Å². The number of aromatic nitrogens is 3. The summed E-state index contributed by atoms with van der Waals surface area (Å²) in [5.74, 6) is -0.325. The number of hydrogen-bond acceptors (Lipinski definition) is 4. The summed E-state index contributed by atoms with van der Waals surface area (Å²) in [6.07, 6.45) is 2.96. The Morgan fingerprint density at radius 2 is 2.10 bits per heavy atom. The van der Waals surface area contributed by atoms with Gasteiger partial charge in [0, 0.05) is 25.5 Å². The summed E-state index contributed by atoms with van der Waals surface area (Å²) in [7, 11) is 1.37. The average Bonchev–Trinajstić information content (AvgIpc) is 2.49. The van der Waals surface area contributed by atoms with Gasteiger partial charge < -0.3 is 5.32 Å². The Balaban J connectivity index is 2.08. The van der Waals surface area contributed by atoms with Crippen LogP contribution in [0, 0.1) is 0 Å². The summed E-state index contributed by atoms with van der Waals surface area (Å²) in [5.41, 5.74) is -0.194. The maximum Gasteiger partial charge on any atom is 0.331 e. The summed E-state index contributed by atoms with van der Waals surface area (Å²) in [4.78, 5) is 39.2. The zero-order valence-corrected chi connectivity index (χ0v) is 11.8. The van der Waals surface area contributed by atoms with Crippen molar-refractivity contribution in [3.63, 3.8) is 0 Å². The van der Waals surface area contributed by atoms with Crippen LogP contribution in [0.2, 0.25) is 0 Å². The number of nitrogens with one attached hydrogen (secondary N) is 1. The van der Waals surface area contributed by atoms with Gasteiger partial charge in [-0.1, -0.05) is 6.07 Å². The molecule has 2 heterocycles. The maximum atomic E-state index is 12.0. The first-order valence-electron chi connectivity index (χ1n) is 6.46. The fourth-order valence-corrected chi connectivity index (χ4v) is 1.88. The lowest BCUT2D eigenvalue weighted by Gasteiger charge is -2.14. The van der Waals surface area contributed by atoms with Crippen molar-refractivity contribution in [1.82, 2.24) is 19.4 Å². The minimum Gasteiger partial charge on any atom is -0.346 e. The van der Waals surface area contributed by atoms with Crippen LogP contribution in [0.5, 0.6) is 0 Å². The second kappa shape index (κ2) is 6.17. The van der Waals surface area contributed by atoms with Crippen LogP contribution in [0.4, 0.5) is 0 Å². The molecule has 0 saturated heterocycles. The lowest BCUT2D eigenvalue weighted by atomic mass is 10.2. The summed E-state index contributed by atoms with van der Waals surface area (Å²) in [6, 6.07) is 6.42. The van der Waals surface area contributed by atoms with Gasteiger partial charge in [-0.3, -0.25) is 23.7 Å².